The molecule has 28 heavy (non-hydrogen) atoms. The Labute approximate surface area is 161 Å². The fourth-order valence-electron chi connectivity index (χ4n) is 3.13. The van der Waals surface area contributed by atoms with Crippen LogP contribution < -0.4 is 5.56 Å². The summed E-state index contributed by atoms with van der Waals surface area (Å²) < 4.78 is 6.98. The number of pyridine rings is 2. The average molecular weight is 370 g/mol. The first-order chi connectivity index (χ1) is 13.6. The topological polar surface area (TPSA) is 61.2 Å². The van der Waals surface area contributed by atoms with Crippen LogP contribution in [0.15, 0.2) is 84.0 Å². The molecule has 0 radical (unpaired) electrons. The predicted octanol–water partition coefficient (Wildman–Crippen LogP) is 4.05. The lowest BCUT2D eigenvalue weighted by molar-refractivity contribution is 0.0474. The van der Waals surface area contributed by atoms with Crippen molar-refractivity contribution in [3.63, 3.8) is 0 Å². The standard InChI is InChI=1S/C23H18N2O3/c1-16-6-4-8-18(12-16)25-14-21(19-9-2-3-10-20(19)22(25)26)23(27)28-15-17-7-5-11-24-13-17/h2-14H,15H2,1H3. The molecule has 0 saturated heterocycles. The number of hydrogen-bond donors (Lipinski definition) is 0. The molecule has 2 aromatic carbocycles. The molecule has 0 saturated carbocycles. The molecule has 4 rings (SSSR count). The minimum atomic E-state index is -0.485. The number of hydrogen-bond acceptors (Lipinski definition) is 4. The van der Waals surface area contributed by atoms with Gasteiger partial charge in [0.2, 0.25) is 0 Å². The summed E-state index contributed by atoms with van der Waals surface area (Å²) in [5, 5.41) is 1.05. The molecule has 5 heteroatoms. The van der Waals surface area contributed by atoms with Crippen molar-refractivity contribution in [2.75, 3.05) is 0 Å². The minimum Gasteiger partial charge on any atom is -0.457 e. The Morgan fingerprint density at radius 1 is 1.04 bits per heavy atom. The number of carbonyl (C=O) groups is 1. The molecule has 2 aromatic heterocycles. The second kappa shape index (κ2) is 7.48. The SMILES string of the molecule is Cc1cccc(-n2cc(C(=O)OCc3cccnc3)c3ccccc3c2=O)c1. The smallest absolute Gasteiger partial charge is 0.340 e. The van der Waals surface area contributed by atoms with Crippen molar-refractivity contribution >= 4 is 16.7 Å². The lowest BCUT2D eigenvalue weighted by Gasteiger charge is -2.13. The zero-order valence-electron chi connectivity index (χ0n) is 15.3. The van der Waals surface area contributed by atoms with Crippen LogP contribution in [0, 0.1) is 6.92 Å². The summed E-state index contributed by atoms with van der Waals surface area (Å²) in [7, 11) is 0. The van der Waals surface area contributed by atoms with E-state index in [2.05, 4.69) is 4.98 Å². The minimum absolute atomic E-state index is 0.116. The number of nitrogens with zero attached hydrogens (tertiary/aromatic N) is 2. The van der Waals surface area contributed by atoms with Gasteiger partial charge in [-0.1, -0.05) is 36.4 Å². The Bertz CT molecular complexity index is 1210. The highest BCUT2D eigenvalue weighted by molar-refractivity contribution is 6.04. The third-order valence-electron chi connectivity index (χ3n) is 4.52. The number of fused-ring (bicyclic) bond motifs is 1. The Morgan fingerprint density at radius 2 is 1.86 bits per heavy atom. The number of aryl methyl sites for hydroxylation is 1. The normalized spacial score (nSPS) is 10.8. The number of esters is 1. The van der Waals surface area contributed by atoms with Gasteiger partial charge in [-0.15, -0.1) is 0 Å². The van der Waals surface area contributed by atoms with Gasteiger partial charge in [-0.25, -0.2) is 4.79 Å². The second-order valence-electron chi connectivity index (χ2n) is 6.54. The summed E-state index contributed by atoms with van der Waals surface area (Å²) in [5.41, 5.74) is 2.70. The molecule has 0 bridgehead atoms. The summed E-state index contributed by atoms with van der Waals surface area (Å²) in [6.07, 6.45) is 4.88. The fourth-order valence-corrected chi connectivity index (χ4v) is 3.13. The average Bonchev–Trinajstić information content (AvgIpc) is 2.73. The summed E-state index contributed by atoms with van der Waals surface area (Å²) in [4.78, 5) is 29.9. The molecule has 2 heterocycles. The van der Waals surface area contributed by atoms with Crippen molar-refractivity contribution in [2.45, 2.75) is 13.5 Å². The molecule has 0 fully saturated rings. The monoisotopic (exact) mass is 370 g/mol. The molecular weight excluding hydrogens is 352 g/mol. The van der Waals surface area contributed by atoms with Crippen molar-refractivity contribution in [3.05, 3.63) is 106 Å². The van der Waals surface area contributed by atoms with Gasteiger partial charge in [-0.05, 0) is 36.8 Å². The number of ether oxygens (including phenoxy) is 1. The fraction of sp³-hybridized carbons (Fsp3) is 0.0870. The molecule has 0 atom stereocenters. The van der Waals surface area contributed by atoms with Gasteiger partial charge in [0.05, 0.1) is 5.56 Å². The maximum absolute atomic E-state index is 13.0. The van der Waals surface area contributed by atoms with Crippen molar-refractivity contribution in [1.82, 2.24) is 9.55 Å². The zero-order valence-corrected chi connectivity index (χ0v) is 15.3. The van der Waals surface area contributed by atoms with E-state index in [1.807, 2.05) is 37.3 Å². The third kappa shape index (κ3) is 3.42. The number of benzene rings is 2. The van der Waals surface area contributed by atoms with E-state index in [0.29, 0.717) is 22.0 Å². The van der Waals surface area contributed by atoms with E-state index in [1.54, 1.807) is 48.9 Å². The molecule has 138 valence electrons. The van der Waals surface area contributed by atoms with Gasteiger partial charge in [0.1, 0.15) is 6.61 Å². The van der Waals surface area contributed by atoms with E-state index >= 15 is 0 Å². The van der Waals surface area contributed by atoms with E-state index in [0.717, 1.165) is 11.1 Å². The van der Waals surface area contributed by atoms with E-state index in [9.17, 15) is 9.59 Å². The third-order valence-corrected chi connectivity index (χ3v) is 4.52. The summed E-state index contributed by atoms with van der Waals surface area (Å²) in [6, 6.07) is 18.3. The number of carbonyl (C=O) groups excluding carboxylic acids is 1. The van der Waals surface area contributed by atoms with Crippen LogP contribution in [0.1, 0.15) is 21.5 Å². The number of aromatic nitrogens is 2. The first kappa shape index (κ1) is 17.7. The molecule has 4 aromatic rings. The quantitative estimate of drug-likeness (QED) is 0.509. The van der Waals surface area contributed by atoms with E-state index < -0.39 is 5.97 Å². The zero-order chi connectivity index (χ0) is 19.5. The van der Waals surface area contributed by atoms with Crippen LogP contribution >= 0.6 is 0 Å². The lowest BCUT2D eigenvalue weighted by Crippen LogP contribution is -2.21. The van der Waals surface area contributed by atoms with Gasteiger partial charge in [0, 0.05) is 40.6 Å². The first-order valence-corrected chi connectivity index (χ1v) is 8.91. The Morgan fingerprint density at radius 3 is 2.61 bits per heavy atom. The largest absolute Gasteiger partial charge is 0.457 e. The van der Waals surface area contributed by atoms with Crippen molar-refractivity contribution in [2.24, 2.45) is 0 Å². The lowest BCUT2D eigenvalue weighted by atomic mass is 10.1. The van der Waals surface area contributed by atoms with E-state index in [4.69, 9.17) is 4.74 Å². The molecule has 0 aliphatic carbocycles. The molecule has 0 unspecified atom stereocenters. The van der Waals surface area contributed by atoms with Crippen LogP contribution in [0.5, 0.6) is 0 Å². The van der Waals surface area contributed by atoms with E-state index in [-0.39, 0.29) is 12.2 Å². The summed E-state index contributed by atoms with van der Waals surface area (Å²) in [5.74, 6) is -0.485. The van der Waals surface area contributed by atoms with Crippen LogP contribution in [-0.2, 0) is 11.3 Å². The Hall–Kier alpha value is -3.73. The van der Waals surface area contributed by atoms with Gasteiger partial charge in [-0.3, -0.25) is 14.3 Å². The van der Waals surface area contributed by atoms with Gasteiger partial charge in [-0.2, -0.15) is 0 Å². The van der Waals surface area contributed by atoms with Gasteiger partial charge in [0.25, 0.3) is 5.56 Å². The Balaban J connectivity index is 1.80. The van der Waals surface area contributed by atoms with Gasteiger partial charge in [0.15, 0.2) is 0 Å². The number of rotatable bonds is 4. The highest BCUT2D eigenvalue weighted by Crippen LogP contribution is 2.19. The van der Waals surface area contributed by atoms with Crippen LogP contribution in [0.25, 0.3) is 16.5 Å². The maximum atomic E-state index is 13.0. The van der Waals surface area contributed by atoms with Crippen molar-refractivity contribution in [1.29, 1.82) is 0 Å². The van der Waals surface area contributed by atoms with Crippen LogP contribution in [0.4, 0.5) is 0 Å². The van der Waals surface area contributed by atoms with Crippen molar-refractivity contribution < 1.29 is 9.53 Å². The summed E-state index contributed by atoms with van der Waals surface area (Å²) in [6.45, 7) is 2.07. The van der Waals surface area contributed by atoms with Gasteiger partial charge < -0.3 is 4.74 Å². The molecular formula is C23H18N2O3. The van der Waals surface area contributed by atoms with Crippen LogP contribution in [-0.4, -0.2) is 15.5 Å². The predicted molar refractivity (Wildman–Crippen MR) is 108 cm³/mol. The van der Waals surface area contributed by atoms with Crippen molar-refractivity contribution in [3.8, 4) is 5.69 Å². The molecule has 0 N–H and O–H groups in total. The highest BCUT2D eigenvalue weighted by Gasteiger charge is 2.17. The summed E-state index contributed by atoms with van der Waals surface area (Å²) >= 11 is 0. The van der Waals surface area contributed by atoms with E-state index in [1.165, 1.54) is 4.57 Å². The molecule has 0 aliphatic rings. The van der Waals surface area contributed by atoms with Crippen LogP contribution in [0.2, 0.25) is 0 Å². The van der Waals surface area contributed by atoms with Crippen LogP contribution in [0.3, 0.4) is 0 Å². The molecule has 0 spiro atoms. The second-order valence-corrected chi connectivity index (χ2v) is 6.54. The first-order valence-electron chi connectivity index (χ1n) is 8.91. The molecule has 5 nitrogen and oxygen atoms in total. The maximum Gasteiger partial charge on any atom is 0.340 e. The molecule has 0 aliphatic heterocycles. The molecule has 0 amide bonds. The van der Waals surface area contributed by atoms with Gasteiger partial charge >= 0.3 is 5.97 Å². The highest BCUT2D eigenvalue weighted by atomic mass is 16.5. The Kier molecular flexibility index (Phi) is 4.72.